The van der Waals surface area contributed by atoms with Gasteiger partial charge in [-0.05, 0) is 49.1 Å². The Morgan fingerprint density at radius 2 is 1.17 bits per heavy atom. The van der Waals surface area contributed by atoms with Crippen molar-refractivity contribution in [2.75, 3.05) is 49.2 Å². The first-order chi connectivity index (χ1) is 11.2. The second-order valence-corrected chi connectivity index (χ2v) is 6.77. The van der Waals surface area contributed by atoms with Crippen molar-refractivity contribution in [3.63, 3.8) is 0 Å². The quantitative estimate of drug-likeness (QED) is 0.843. The minimum Gasteiger partial charge on any atom is -0.396 e. The molecule has 0 bridgehead atoms. The van der Waals surface area contributed by atoms with Crippen molar-refractivity contribution in [1.29, 1.82) is 0 Å². The van der Waals surface area contributed by atoms with Gasteiger partial charge in [0.1, 0.15) is 0 Å². The van der Waals surface area contributed by atoms with Gasteiger partial charge in [-0.15, -0.1) is 0 Å². The highest BCUT2D eigenvalue weighted by atomic mass is 35.5. The van der Waals surface area contributed by atoms with Crippen LogP contribution in [-0.2, 0) is 0 Å². The first-order valence-electron chi connectivity index (χ1n) is 8.32. The fourth-order valence-electron chi connectivity index (χ4n) is 3.24. The van der Waals surface area contributed by atoms with Crippen LogP contribution in [0.2, 0.25) is 5.28 Å². The van der Waals surface area contributed by atoms with Crippen LogP contribution in [-0.4, -0.2) is 64.6 Å². The Bertz CT molecular complexity index is 474. The van der Waals surface area contributed by atoms with Crippen LogP contribution < -0.4 is 9.80 Å². The van der Waals surface area contributed by atoms with Crippen molar-refractivity contribution in [3.8, 4) is 0 Å². The largest absolute Gasteiger partial charge is 0.396 e. The zero-order chi connectivity index (χ0) is 16.2. The molecule has 2 N–H and O–H groups in total. The molecular formula is C15H24ClN5O2. The van der Waals surface area contributed by atoms with Gasteiger partial charge in [0.05, 0.1) is 0 Å². The smallest absolute Gasteiger partial charge is 0.231 e. The van der Waals surface area contributed by atoms with Crippen LogP contribution in [0.1, 0.15) is 25.7 Å². The van der Waals surface area contributed by atoms with Crippen molar-refractivity contribution in [3.05, 3.63) is 5.28 Å². The summed E-state index contributed by atoms with van der Waals surface area (Å²) in [5.41, 5.74) is 0. The normalized spacial score (nSPS) is 21.0. The molecule has 23 heavy (non-hydrogen) atoms. The molecule has 0 spiro atoms. The third kappa shape index (κ3) is 4.02. The Balaban J connectivity index is 1.70. The van der Waals surface area contributed by atoms with E-state index in [2.05, 4.69) is 24.8 Å². The van der Waals surface area contributed by atoms with Crippen molar-refractivity contribution >= 4 is 23.5 Å². The van der Waals surface area contributed by atoms with Crippen LogP contribution in [0, 0.1) is 11.8 Å². The van der Waals surface area contributed by atoms with Gasteiger partial charge in [0, 0.05) is 39.4 Å². The van der Waals surface area contributed by atoms with Gasteiger partial charge in [-0.1, -0.05) is 0 Å². The SMILES string of the molecule is OCC1CCN(c2nc(Cl)nc(N3CCC(CO)CC3)n2)CC1. The molecule has 2 fully saturated rings. The Hall–Kier alpha value is -1.18. The second kappa shape index (κ2) is 7.59. The van der Waals surface area contributed by atoms with Crippen molar-refractivity contribution in [2.45, 2.75) is 25.7 Å². The Labute approximate surface area is 141 Å². The molecule has 7 nitrogen and oxygen atoms in total. The van der Waals surface area contributed by atoms with Gasteiger partial charge in [-0.25, -0.2) is 0 Å². The predicted molar refractivity (Wildman–Crippen MR) is 88.9 cm³/mol. The summed E-state index contributed by atoms with van der Waals surface area (Å²) in [6.45, 7) is 3.82. The van der Waals surface area contributed by atoms with Gasteiger partial charge in [0.2, 0.25) is 17.2 Å². The number of nitrogens with zero attached hydrogens (tertiary/aromatic N) is 5. The van der Waals surface area contributed by atoms with Crippen LogP contribution in [0.3, 0.4) is 0 Å². The number of rotatable bonds is 4. The zero-order valence-corrected chi connectivity index (χ0v) is 14.0. The van der Waals surface area contributed by atoms with E-state index in [-0.39, 0.29) is 18.5 Å². The van der Waals surface area contributed by atoms with Crippen LogP contribution in [0.15, 0.2) is 0 Å². The number of anilines is 2. The van der Waals surface area contributed by atoms with Crippen LogP contribution in [0.4, 0.5) is 11.9 Å². The van der Waals surface area contributed by atoms with Gasteiger partial charge in [0.25, 0.3) is 0 Å². The summed E-state index contributed by atoms with van der Waals surface area (Å²) in [6.07, 6.45) is 3.77. The summed E-state index contributed by atoms with van der Waals surface area (Å²) in [6, 6.07) is 0. The summed E-state index contributed by atoms with van der Waals surface area (Å²) in [4.78, 5) is 17.4. The van der Waals surface area contributed by atoms with Gasteiger partial charge in [-0.2, -0.15) is 15.0 Å². The highest BCUT2D eigenvalue weighted by Gasteiger charge is 2.24. The molecule has 0 saturated carbocycles. The highest BCUT2D eigenvalue weighted by Crippen LogP contribution is 2.25. The van der Waals surface area contributed by atoms with Crippen molar-refractivity contribution in [1.82, 2.24) is 15.0 Å². The van der Waals surface area contributed by atoms with E-state index in [1.807, 2.05) is 0 Å². The average Bonchev–Trinajstić information content (AvgIpc) is 2.61. The van der Waals surface area contributed by atoms with Gasteiger partial charge >= 0.3 is 0 Å². The summed E-state index contributed by atoms with van der Waals surface area (Å²) in [7, 11) is 0. The van der Waals surface area contributed by atoms with Gasteiger partial charge in [-0.3, -0.25) is 0 Å². The summed E-state index contributed by atoms with van der Waals surface area (Å²) < 4.78 is 0. The fraction of sp³-hybridized carbons (Fsp3) is 0.800. The molecule has 0 radical (unpaired) electrons. The Morgan fingerprint density at radius 3 is 1.52 bits per heavy atom. The number of hydrogen-bond donors (Lipinski definition) is 2. The van der Waals surface area contributed by atoms with E-state index in [0.29, 0.717) is 23.7 Å². The molecule has 0 amide bonds. The minimum atomic E-state index is 0.221. The monoisotopic (exact) mass is 341 g/mol. The summed E-state index contributed by atoms with van der Waals surface area (Å²) in [5.74, 6) is 2.00. The Kier molecular flexibility index (Phi) is 5.50. The summed E-state index contributed by atoms with van der Waals surface area (Å²) in [5, 5.41) is 18.7. The van der Waals surface area contributed by atoms with E-state index < -0.39 is 0 Å². The third-order valence-corrected chi connectivity index (χ3v) is 5.06. The molecule has 2 aliphatic rings. The predicted octanol–water partition coefficient (Wildman–Crippen LogP) is 0.942. The lowest BCUT2D eigenvalue weighted by Gasteiger charge is -2.33. The lowest BCUT2D eigenvalue weighted by Crippen LogP contribution is -2.38. The number of piperidine rings is 2. The van der Waals surface area contributed by atoms with E-state index in [1.165, 1.54) is 0 Å². The molecule has 8 heteroatoms. The van der Waals surface area contributed by atoms with Crippen LogP contribution in [0.5, 0.6) is 0 Å². The van der Waals surface area contributed by atoms with E-state index in [0.717, 1.165) is 51.9 Å². The van der Waals surface area contributed by atoms with Crippen molar-refractivity contribution in [2.24, 2.45) is 11.8 Å². The molecule has 3 rings (SSSR count). The zero-order valence-electron chi connectivity index (χ0n) is 13.2. The highest BCUT2D eigenvalue weighted by molar-refractivity contribution is 6.28. The van der Waals surface area contributed by atoms with E-state index in [1.54, 1.807) is 0 Å². The lowest BCUT2D eigenvalue weighted by molar-refractivity contribution is 0.202. The summed E-state index contributed by atoms with van der Waals surface area (Å²) >= 11 is 6.10. The molecule has 0 atom stereocenters. The number of halogens is 1. The number of aliphatic hydroxyl groups excluding tert-OH is 2. The number of aliphatic hydroxyl groups is 2. The van der Waals surface area contributed by atoms with Crippen LogP contribution >= 0.6 is 11.6 Å². The second-order valence-electron chi connectivity index (χ2n) is 6.43. The molecule has 2 aliphatic heterocycles. The maximum Gasteiger partial charge on any atom is 0.231 e. The Morgan fingerprint density at radius 1 is 0.783 bits per heavy atom. The maximum absolute atomic E-state index is 9.24. The first kappa shape index (κ1) is 16.7. The molecule has 1 aromatic heterocycles. The molecule has 128 valence electrons. The fourth-order valence-corrected chi connectivity index (χ4v) is 3.39. The molecular weight excluding hydrogens is 318 g/mol. The molecule has 0 aliphatic carbocycles. The maximum atomic E-state index is 9.24. The van der Waals surface area contributed by atoms with E-state index >= 15 is 0 Å². The van der Waals surface area contributed by atoms with E-state index in [4.69, 9.17) is 11.6 Å². The molecule has 0 unspecified atom stereocenters. The number of aromatic nitrogens is 3. The van der Waals surface area contributed by atoms with E-state index in [9.17, 15) is 10.2 Å². The van der Waals surface area contributed by atoms with Gasteiger partial charge in [0.15, 0.2) is 0 Å². The lowest BCUT2D eigenvalue weighted by atomic mass is 9.98. The number of hydrogen-bond acceptors (Lipinski definition) is 7. The third-order valence-electron chi connectivity index (χ3n) is 4.90. The first-order valence-corrected chi connectivity index (χ1v) is 8.70. The van der Waals surface area contributed by atoms with Gasteiger partial charge < -0.3 is 20.0 Å². The molecule has 1 aromatic rings. The molecule has 2 saturated heterocycles. The van der Waals surface area contributed by atoms with Crippen molar-refractivity contribution < 1.29 is 10.2 Å². The standard InChI is InChI=1S/C15H24ClN5O2/c16-13-17-14(20-5-1-11(9-22)2-6-20)19-15(18-13)21-7-3-12(10-23)4-8-21/h11-12,22-23H,1-10H2. The molecule has 3 heterocycles. The van der Waals surface area contributed by atoms with Crippen LogP contribution in [0.25, 0.3) is 0 Å². The average molecular weight is 342 g/mol. The minimum absolute atomic E-state index is 0.221. The molecule has 0 aromatic carbocycles. The topological polar surface area (TPSA) is 85.6 Å².